The van der Waals surface area contributed by atoms with E-state index in [0.717, 1.165) is 18.4 Å². The summed E-state index contributed by atoms with van der Waals surface area (Å²) in [5.74, 6) is 0.278. The number of hydrogen-bond acceptors (Lipinski definition) is 3. The molecular formula is C11H18N4O. The van der Waals surface area contributed by atoms with Crippen molar-refractivity contribution in [1.29, 1.82) is 0 Å². The summed E-state index contributed by atoms with van der Waals surface area (Å²) in [7, 11) is 1.85. The zero-order chi connectivity index (χ0) is 11.8. The van der Waals surface area contributed by atoms with Crippen LogP contribution >= 0.6 is 0 Å². The second-order valence-corrected chi connectivity index (χ2v) is 4.76. The van der Waals surface area contributed by atoms with Crippen molar-refractivity contribution in [2.75, 3.05) is 0 Å². The number of carbonyl (C=O) groups excluding carboxylic acids is 1. The van der Waals surface area contributed by atoms with Crippen molar-refractivity contribution in [3.05, 3.63) is 18.0 Å². The van der Waals surface area contributed by atoms with Gasteiger partial charge >= 0.3 is 0 Å². The smallest absolute Gasteiger partial charge is 0.240 e. The van der Waals surface area contributed by atoms with Gasteiger partial charge in [-0.1, -0.05) is 0 Å². The Balaban J connectivity index is 1.88. The molecule has 1 unspecified atom stereocenters. The number of rotatable bonds is 4. The van der Waals surface area contributed by atoms with E-state index in [0.29, 0.717) is 12.5 Å². The van der Waals surface area contributed by atoms with Crippen LogP contribution < -0.4 is 11.1 Å². The Bertz CT molecular complexity index is 392. The first-order valence-corrected chi connectivity index (χ1v) is 5.55. The van der Waals surface area contributed by atoms with Crippen LogP contribution in [0, 0.1) is 5.92 Å². The quantitative estimate of drug-likeness (QED) is 0.762. The molecule has 1 aliphatic carbocycles. The maximum Gasteiger partial charge on any atom is 0.240 e. The average Bonchev–Trinajstić information content (AvgIpc) is 3.00. The predicted molar refractivity (Wildman–Crippen MR) is 60.4 cm³/mol. The Kier molecular flexibility index (Phi) is 2.71. The molecule has 1 aromatic rings. The fraction of sp³-hybridized carbons (Fsp3) is 0.636. The van der Waals surface area contributed by atoms with Crippen LogP contribution in [0.3, 0.4) is 0 Å². The lowest BCUT2D eigenvalue weighted by molar-refractivity contribution is -0.126. The highest BCUT2D eigenvalue weighted by molar-refractivity contribution is 5.86. The molecule has 0 aliphatic heterocycles. The Labute approximate surface area is 95.0 Å². The van der Waals surface area contributed by atoms with E-state index in [1.165, 1.54) is 0 Å². The SMILES string of the molecule is Cn1cc(CNC(=O)C(C)(N)C2CC2)cn1. The van der Waals surface area contributed by atoms with Crippen molar-refractivity contribution in [1.82, 2.24) is 15.1 Å². The zero-order valence-electron chi connectivity index (χ0n) is 9.73. The Morgan fingerprint density at radius 1 is 1.75 bits per heavy atom. The Hall–Kier alpha value is -1.36. The largest absolute Gasteiger partial charge is 0.350 e. The molecule has 2 rings (SSSR count). The first-order chi connectivity index (χ1) is 7.50. The Morgan fingerprint density at radius 3 is 2.94 bits per heavy atom. The maximum absolute atomic E-state index is 11.9. The molecule has 16 heavy (non-hydrogen) atoms. The standard InChI is InChI=1S/C11H18N4O/c1-11(12,9-3-4-9)10(16)13-5-8-6-14-15(2)7-8/h6-7,9H,3-5,12H2,1-2H3,(H,13,16). The third-order valence-electron chi connectivity index (χ3n) is 3.13. The topological polar surface area (TPSA) is 72.9 Å². The summed E-state index contributed by atoms with van der Waals surface area (Å²) in [6.07, 6.45) is 5.75. The van der Waals surface area contributed by atoms with E-state index in [-0.39, 0.29) is 5.91 Å². The molecule has 88 valence electrons. The predicted octanol–water partition coefficient (Wildman–Crippen LogP) is 0.164. The van der Waals surface area contributed by atoms with Crippen LogP contribution in [0.15, 0.2) is 12.4 Å². The molecule has 3 N–H and O–H groups in total. The summed E-state index contributed by atoms with van der Waals surface area (Å²) in [5.41, 5.74) is 6.27. The third kappa shape index (κ3) is 2.24. The second-order valence-electron chi connectivity index (χ2n) is 4.76. The third-order valence-corrected chi connectivity index (χ3v) is 3.13. The summed E-state index contributed by atoms with van der Waals surface area (Å²) in [4.78, 5) is 11.9. The van der Waals surface area contributed by atoms with Gasteiger partial charge in [0.2, 0.25) is 5.91 Å². The number of nitrogens with zero attached hydrogens (tertiary/aromatic N) is 2. The minimum Gasteiger partial charge on any atom is -0.350 e. The lowest BCUT2D eigenvalue weighted by atomic mass is 9.96. The lowest BCUT2D eigenvalue weighted by Gasteiger charge is -2.22. The number of hydrogen-bond donors (Lipinski definition) is 2. The van der Waals surface area contributed by atoms with Gasteiger partial charge in [0.05, 0.1) is 11.7 Å². The lowest BCUT2D eigenvalue weighted by Crippen LogP contribution is -2.53. The van der Waals surface area contributed by atoms with Crippen molar-refractivity contribution < 1.29 is 4.79 Å². The summed E-state index contributed by atoms with van der Waals surface area (Å²) in [6, 6.07) is 0. The summed E-state index contributed by atoms with van der Waals surface area (Å²) >= 11 is 0. The molecule has 1 fully saturated rings. The minimum atomic E-state index is -0.720. The van der Waals surface area contributed by atoms with Crippen molar-refractivity contribution in [3.8, 4) is 0 Å². The van der Waals surface area contributed by atoms with Crippen molar-refractivity contribution in [3.63, 3.8) is 0 Å². The van der Waals surface area contributed by atoms with Crippen LogP contribution in [0.5, 0.6) is 0 Å². The van der Waals surface area contributed by atoms with Gasteiger partial charge in [-0.2, -0.15) is 5.10 Å². The van der Waals surface area contributed by atoms with E-state index in [2.05, 4.69) is 10.4 Å². The van der Waals surface area contributed by atoms with Gasteiger partial charge in [-0.25, -0.2) is 0 Å². The van der Waals surface area contributed by atoms with E-state index < -0.39 is 5.54 Å². The molecule has 0 radical (unpaired) electrons. The van der Waals surface area contributed by atoms with Gasteiger partial charge in [-0.15, -0.1) is 0 Å². The van der Waals surface area contributed by atoms with Crippen molar-refractivity contribution >= 4 is 5.91 Å². The summed E-state index contributed by atoms with van der Waals surface area (Å²) in [5, 5.41) is 6.89. The molecule has 5 nitrogen and oxygen atoms in total. The average molecular weight is 222 g/mol. The van der Waals surface area contributed by atoms with Gasteiger partial charge in [0.25, 0.3) is 0 Å². The minimum absolute atomic E-state index is 0.0705. The summed E-state index contributed by atoms with van der Waals surface area (Å²) in [6.45, 7) is 2.30. The summed E-state index contributed by atoms with van der Waals surface area (Å²) < 4.78 is 1.71. The highest BCUT2D eigenvalue weighted by Gasteiger charge is 2.43. The van der Waals surface area contributed by atoms with E-state index in [4.69, 9.17) is 5.73 Å². The van der Waals surface area contributed by atoms with Gasteiger partial charge in [0.1, 0.15) is 0 Å². The van der Waals surface area contributed by atoms with E-state index >= 15 is 0 Å². The molecule has 1 aromatic heterocycles. The number of amides is 1. The molecule has 1 aliphatic rings. The van der Waals surface area contributed by atoms with E-state index in [1.807, 2.05) is 20.2 Å². The highest BCUT2D eigenvalue weighted by Crippen LogP contribution is 2.38. The van der Waals surface area contributed by atoms with Gasteiger partial charge in [-0.3, -0.25) is 9.48 Å². The van der Waals surface area contributed by atoms with Crippen LogP contribution in [-0.2, 0) is 18.4 Å². The molecular weight excluding hydrogens is 204 g/mol. The van der Waals surface area contributed by atoms with Crippen LogP contribution in [0.4, 0.5) is 0 Å². The van der Waals surface area contributed by atoms with Crippen LogP contribution in [-0.4, -0.2) is 21.2 Å². The van der Waals surface area contributed by atoms with Gasteiger partial charge in [0, 0.05) is 25.4 Å². The zero-order valence-corrected chi connectivity index (χ0v) is 9.73. The molecule has 1 heterocycles. The highest BCUT2D eigenvalue weighted by atomic mass is 16.2. The fourth-order valence-electron chi connectivity index (χ4n) is 1.80. The van der Waals surface area contributed by atoms with E-state index in [1.54, 1.807) is 10.9 Å². The van der Waals surface area contributed by atoms with Crippen molar-refractivity contribution in [2.24, 2.45) is 18.7 Å². The first kappa shape index (κ1) is 11.1. The molecule has 0 aromatic carbocycles. The number of nitrogens with one attached hydrogen (secondary N) is 1. The monoisotopic (exact) mass is 222 g/mol. The van der Waals surface area contributed by atoms with Gasteiger partial charge < -0.3 is 11.1 Å². The molecule has 5 heteroatoms. The van der Waals surface area contributed by atoms with Crippen LogP contribution in [0.25, 0.3) is 0 Å². The number of carbonyl (C=O) groups is 1. The first-order valence-electron chi connectivity index (χ1n) is 5.55. The van der Waals surface area contributed by atoms with Crippen LogP contribution in [0.1, 0.15) is 25.3 Å². The molecule has 1 saturated carbocycles. The molecule has 0 spiro atoms. The number of aryl methyl sites for hydroxylation is 1. The maximum atomic E-state index is 11.9. The number of nitrogens with two attached hydrogens (primary N) is 1. The number of aromatic nitrogens is 2. The molecule has 1 amide bonds. The molecule has 1 atom stereocenters. The molecule has 0 bridgehead atoms. The Morgan fingerprint density at radius 2 is 2.44 bits per heavy atom. The van der Waals surface area contributed by atoms with Gasteiger partial charge in [0.15, 0.2) is 0 Å². The fourth-order valence-corrected chi connectivity index (χ4v) is 1.80. The second kappa shape index (κ2) is 3.90. The normalized spacial score (nSPS) is 19.2. The molecule has 0 saturated heterocycles. The van der Waals surface area contributed by atoms with Crippen LogP contribution in [0.2, 0.25) is 0 Å². The van der Waals surface area contributed by atoms with E-state index in [9.17, 15) is 4.79 Å². The van der Waals surface area contributed by atoms with Gasteiger partial charge in [-0.05, 0) is 25.7 Å². The van der Waals surface area contributed by atoms with Crippen molar-refractivity contribution in [2.45, 2.75) is 31.8 Å².